The van der Waals surface area contributed by atoms with E-state index in [0.29, 0.717) is 48.7 Å². The third kappa shape index (κ3) is 4.39. The number of amides is 1. The highest BCUT2D eigenvalue weighted by Gasteiger charge is 2.25. The Morgan fingerprint density at radius 2 is 1.70 bits per heavy atom. The van der Waals surface area contributed by atoms with Gasteiger partial charge in [0.2, 0.25) is 10.0 Å². The molecule has 27 heavy (non-hydrogen) atoms. The van der Waals surface area contributed by atoms with Gasteiger partial charge < -0.3 is 9.80 Å². The fourth-order valence-corrected chi connectivity index (χ4v) is 3.83. The van der Waals surface area contributed by atoms with Crippen molar-refractivity contribution in [2.45, 2.75) is 6.92 Å². The van der Waals surface area contributed by atoms with Gasteiger partial charge in [0, 0.05) is 31.7 Å². The Bertz CT molecular complexity index is 954. The summed E-state index contributed by atoms with van der Waals surface area (Å²) in [7, 11) is -3.43. The summed E-state index contributed by atoms with van der Waals surface area (Å²) in [6.45, 7) is 3.73. The van der Waals surface area contributed by atoms with E-state index in [1.54, 1.807) is 48.2 Å². The first-order chi connectivity index (χ1) is 12.8. The number of anilines is 2. The molecule has 2 aromatic carbocycles. The lowest BCUT2D eigenvalue weighted by Crippen LogP contribution is -2.49. The molecule has 1 aliphatic heterocycles. The van der Waals surface area contributed by atoms with E-state index in [9.17, 15) is 17.6 Å². The molecule has 0 unspecified atom stereocenters. The number of piperazine rings is 1. The molecule has 1 amide bonds. The summed E-state index contributed by atoms with van der Waals surface area (Å²) in [4.78, 5) is 16.5. The summed E-state index contributed by atoms with van der Waals surface area (Å²) in [5.74, 6) is -0.425. The van der Waals surface area contributed by atoms with E-state index >= 15 is 0 Å². The van der Waals surface area contributed by atoms with E-state index in [4.69, 9.17) is 0 Å². The van der Waals surface area contributed by atoms with E-state index in [2.05, 4.69) is 4.72 Å². The van der Waals surface area contributed by atoms with Gasteiger partial charge >= 0.3 is 0 Å². The molecule has 144 valence electrons. The lowest BCUT2D eigenvalue weighted by Gasteiger charge is -2.36. The van der Waals surface area contributed by atoms with Crippen molar-refractivity contribution in [2.24, 2.45) is 0 Å². The van der Waals surface area contributed by atoms with E-state index in [1.165, 1.54) is 6.07 Å². The highest BCUT2D eigenvalue weighted by Crippen LogP contribution is 2.24. The van der Waals surface area contributed by atoms with Crippen molar-refractivity contribution in [3.05, 3.63) is 59.4 Å². The number of hydrogen-bond acceptors (Lipinski definition) is 4. The van der Waals surface area contributed by atoms with Crippen molar-refractivity contribution >= 4 is 27.3 Å². The summed E-state index contributed by atoms with van der Waals surface area (Å²) < 4.78 is 39.4. The zero-order valence-corrected chi connectivity index (χ0v) is 16.1. The van der Waals surface area contributed by atoms with Gasteiger partial charge in [0.15, 0.2) is 0 Å². The Balaban J connectivity index is 1.73. The first-order valence-electron chi connectivity index (χ1n) is 8.62. The summed E-state index contributed by atoms with van der Waals surface area (Å²) in [6.07, 6.45) is 1.07. The molecular weight excluding hydrogens is 369 g/mol. The molecule has 1 saturated heterocycles. The standard InChI is InChI=1S/C19H22FN3O3S/c1-14-15(6-5-8-17(14)21-27(2,25)26)19(24)23-12-10-22(11-13-23)18-9-4-3-7-16(18)20/h3-9,21H,10-13H2,1-2H3. The van der Waals surface area contributed by atoms with Gasteiger partial charge in [-0.05, 0) is 36.8 Å². The van der Waals surface area contributed by atoms with Crippen molar-refractivity contribution in [1.29, 1.82) is 0 Å². The second-order valence-electron chi connectivity index (χ2n) is 6.58. The molecule has 1 heterocycles. The van der Waals surface area contributed by atoms with Gasteiger partial charge in [0.05, 0.1) is 17.6 Å². The largest absolute Gasteiger partial charge is 0.366 e. The molecule has 6 nitrogen and oxygen atoms in total. The Labute approximate surface area is 158 Å². The fourth-order valence-electron chi connectivity index (χ4n) is 3.21. The number of benzene rings is 2. The second-order valence-corrected chi connectivity index (χ2v) is 8.33. The highest BCUT2D eigenvalue weighted by molar-refractivity contribution is 7.92. The van der Waals surface area contributed by atoms with Crippen LogP contribution in [-0.2, 0) is 10.0 Å². The maximum Gasteiger partial charge on any atom is 0.254 e. The van der Waals surface area contributed by atoms with Gasteiger partial charge in [0.25, 0.3) is 5.91 Å². The second kappa shape index (κ2) is 7.56. The van der Waals surface area contributed by atoms with Crippen LogP contribution in [0.3, 0.4) is 0 Å². The molecule has 8 heteroatoms. The smallest absolute Gasteiger partial charge is 0.254 e. The van der Waals surface area contributed by atoms with Crippen LogP contribution in [-0.4, -0.2) is 51.7 Å². The van der Waals surface area contributed by atoms with Crippen molar-refractivity contribution < 1.29 is 17.6 Å². The Morgan fingerprint density at radius 1 is 1.04 bits per heavy atom. The SMILES string of the molecule is Cc1c(NS(C)(=O)=O)cccc1C(=O)N1CCN(c2ccccc2F)CC1. The van der Waals surface area contributed by atoms with Crippen LogP contribution in [0.2, 0.25) is 0 Å². The third-order valence-electron chi connectivity index (χ3n) is 4.62. The molecule has 0 saturated carbocycles. The van der Waals surface area contributed by atoms with Crippen molar-refractivity contribution in [1.82, 2.24) is 4.90 Å². The minimum absolute atomic E-state index is 0.155. The number of carbonyl (C=O) groups excluding carboxylic acids is 1. The van der Waals surface area contributed by atoms with Crippen molar-refractivity contribution in [3.8, 4) is 0 Å². The number of para-hydroxylation sites is 1. The summed E-state index contributed by atoms with van der Waals surface area (Å²) in [5.41, 5.74) is 1.99. The maximum atomic E-state index is 13.9. The van der Waals surface area contributed by atoms with Crippen LogP contribution in [0, 0.1) is 12.7 Å². The number of sulfonamides is 1. The molecule has 1 N–H and O–H groups in total. The number of hydrogen-bond donors (Lipinski definition) is 1. The lowest BCUT2D eigenvalue weighted by atomic mass is 10.1. The van der Waals surface area contributed by atoms with Crippen LogP contribution in [0.4, 0.5) is 15.8 Å². The summed E-state index contributed by atoms with van der Waals surface area (Å²) in [6, 6.07) is 11.6. The molecule has 0 radical (unpaired) electrons. The van der Waals surface area contributed by atoms with E-state index in [1.807, 2.05) is 4.90 Å². The molecule has 0 aromatic heterocycles. The number of nitrogens with zero attached hydrogens (tertiary/aromatic N) is 2. The molecule has 2 aromatic rings. The molecule has 1 aliphatic rings. The topological polar surface area (TPSA) is 69.7 Å². The van der Waals surface area contributed by atoms with Crippen LogP contribution in [0.1, 0.15) is 15.9 Å². The highest BCUT2D eigenvalue weighted by atomic mass is 32.2. The number of rotatable bonds is 4. The Kier molecular flexibility index (Phi) is 5.36. The average molecular weight is 391 g/mol. The normalized spacial score (nSPS) is 14.9. The number of carbonyl (C=O) groups is 1. The maximum absolute atomic E-state index is 13.9. The zero-order chi connectivity index (χ0) is 19.6. The molecule has 3 rings (SSSR count). The van der Waals surface area contributed by atoms with Crippen molar-refractivity contribution in [3.63, 3.8) is 0 Å². The number of nitrogens with one attached hydrogen (secondary N) is 1. The van der Waals surface area contributed by atoms with Gasteiger partial charge in [-0.2, -0.15) is 0 Å². The number of halogens is 1. The molecular formula is C19H22FN3O3S. The first kappa shape index (κ1) is 19.2. The van der Waals surface area contributed by atoms with Crippen molar-refractivity contribution in [2.75, 3.05) is 42.1 Å². The summed E-state index contributed by atoms with van der Waals surface area (Å²) in [5, 5.41) is 0. The van der Waals surface area contributed by atoms with E-state index in [0.717, 1.165) is 6.26 Å². The van der Waals surface area contributed by atoms with Gasteiger partial charge in [0.1, 0.15) is 5.82 Å². The first-order valence-corrected chi connectivity index (χ1v) is 10.5. The predicted octanol–water partition coefficient (Wildman–Crippen LogP) is 2.47. The minimum Gasteiger partial charge on any atom is -0.366 e. The van der Waals surface area contributed by atoms with Gasteiger partial charge in [-0.1, -0.05) is 18.2 Å². The zero-order valence-electron chi connectivity index (χ0n) is 15.3. The molecule has 1 fully saturated rings. The average Bonchev–Trinajstić information content (AvgIpc) is 2.62. The molecule has 0 bridgehead atoms. The quantitative estimate of drug-likeness (QED) is 0.869. The third-order valence-corrected chi connectivity index (χ3v) is 5.21. The van der Waals surface area contributed by atoms with Crippen LogP contribution in [0.5, 0.6) is 0 Å². The molecule has 0 spiro atoms. The van der Waals surface area contributed by atoms with Gasteiger partial charge in [-0.25, -0.2) is 12.8 Å². The van der Waals surface area contributed by atoms with E-state index < -0.39 is 10.0 Å². The lowest BCUT2D eigenvalue weighted by molar-refractivity contribution is 0.0746. The summed E-state index contributed by atoms with van der Waals surface area (Å²) >= 11 is 0. The van der Waals surface area contributed by atoms with Gasteiger partial charge in [-0.15, -0.1) is 0 Å². The van der Waals surface area contributed by atoms with Crippen LogP contribution < -0.4 is 9.62 Å². The van der Waals surface area contributed by atoms with Crippen LogP contribution in [0.25, 0.3) is 0 Å². The van der Waals surface area contributed by atoms with E-state index in [-0.39, 0.29) is 11.7 Å². The Hall–Kier alpha value is -2.61. The van der Waals surface area contributed by atoms with Gasteiger partial charge in [-0.3, -0.25) is 9.52 Å². The monoisotopic (exact) mass is 391 g/mol. The molecule has 0 atom stereocenters. The fraction of sp³-hybridized carbons (Fsp3) is 0.316. The minimum atomic E-state index is -3.43. The predicted molar refractivity (Wildman–Crippen MR) is 104 cm³/mol. The molecule has 0 aliphatic carbocycles. The van der Waals surface area contributed by atoms with Crippen LogP contribution >= 0.6 is 0 Å². The van der Waals surface area contributed by atoms with Crippen LogP contribution in [0.15, 0.2) is 42.5 Å². The Morgan fingerprint density at radius 3 is 2.33 bits per heavy atom.